The molecule has 1 aromatic heterocycles. The van der Waals surface area contributed by atoms with Gasteiger partial charge in [0.15, 0.2) is 0 Å². The summed E-state index contributed by atoms with van der Waals surface area (Å²) < 4.78 is 1.73. The number of aliphatic hydroxyl groups excluding tert-OH is 1. The van der Waals surface area contributed by atoms with Crippen LogP contribution < -0.4 is 0 Å². The second-order valence-electron chi connectivity index (χ2n) is 5.07. The first-order valence-corrected chi connectivity index (χ1v) is 7.02. The second kappa shape index (κ2) is 6.25. The van der Waals surface area contributed by atoms with Crippen LogP contribution in [0.4, 0.5) is 0 Å². The highest BCUT2D eigenvalue weighted by Gasteiger charge is 2.10. The van der Waals surface area contributed by atoms with Crippen molar-refractivity contribution in [2.75, 3.05) is 0 Å². The molecule has 1 N–H and O–H groups in total. The Morgan fingerprint density at radius 2 is 1.77 bits per heavy atom. The van der Waals surface area contributed by atoms with Crippen LogP contribution in [0.3, 0.4) is 0 Å². The Labute approximate surface area is 128 Å². The summed E-state index contributed by atoms with van der Waals surface area (Å²) in [5, 5.41) is 23.4. The molecule has 0 bridgehead atoms. The van der Waals surface area contributed by atoms with Gasteiger partial charge in [-0.2, -0.15) is 10.4 Å². The van der Waals surface area contributed by atoms with E-state index in [9.17, 15) is 5.11 Å². The normalized spacial score (nSPS) is 11.8. The first-order chi connectivity index (χ1) is 10.8. The molecule has 0 spiro atoms. The predicted molar refractivity (Wildman–Crippen MR) is 83.8 cm³/mol. The molecule has 108 valence electrons. The molecule has 1 atom stereocenters. The highest BCUT2D eigenvalue weighted by atomic mass is 16.3. The van der Waals surface area contributed by atoms with E-state index in [-0.39, 0.29) is 0 Å². The molecule has 4 heteroatoms. The fourth-order valence-electron chi connectivity index (χ4n) is 2.31. The lowest BCUT2D eigenvalue weighted by Crippen LogP contribution is -2.09. The van der Waals surface area contributed by atoms with Crippen molar-refractivity contribution in [3.8, 4) is 17.2 Å². The van der Waals surface area contributed by atoms with Gasteiger partial charge >= 0.3 is 0 Å². The summed E-state index contributed by atoms with van der Waals surface area (Å²) in [4.78, 5) is 0. The van der Waals surface area contributed by atoms with E-state index >= 15 is 0 Å². The van der Waals surface area contributed by atoms with Crippen molar-refractivity contribution < 1.29 is 5.11 Å². The first-order valence-electron chi connectivity index (χ1n) is 7.02. The monoisotopic (exact) mass is 289 g/mol. The van der Waals surface area contributed by atoms with Crippen LogP contribution in [0, 0.1) is 11.3 Å². The highest BCUT2D eigenvalue weighted by Crippen LogP contribution is 2.20. The third-order valence-electron chi connectivity index (χ3n) is 3.52. The SMILES string of the molecule is N#Cc1ccc(C(O)Cn2cc(-c3ccccc3)cn2)cc1. The van der Waals surface area contributed by atoms with E-state index in [4.69, 9.17) is 5.26 Å². The van der Waals surface area contributed by atoms with Crippen LogP contribution >= 0.6 is 0 Å². The molecule has 0 fully saturated rings. The van der Waals surface area contributed by atoms with E-state index in [1.807, 2.05) is 36.5 Å². The van der Waals surface area contributed by atoms with Crippen molar-refractivity contribution in [1.82, 2.24) is 9.78 Å². The summed E-state index contributed by atoms with van der Waals surface area (Å²) in [7, 11) is 0. The molecule has 2 aromatic carbocycles. The van der Waals surface area contributed by atoms with Crippen LogP contribution in [0.15, 0.2) is 67.0 Å². The number of benzene rings is 2. The Kier molecular flexibility index (Phi) is 3.99. The Bertz CT molecular complexity index is 785. The quantitative estimate of drug-likeness (QED) is 0.802. The summed E-state index contributed by atoms with van der Waals surface area (Å²) in [6.07, 6.45) is 3.06. The number of aliphatic hydroxyl groups is 1. The first kappa shape index (κ1) is 14.1. The molecule has 0 saturated carbocycles. The van der Waals surface area contributed by atoms with Crippen molar-refractivity contribution in [1.29, 1.82) is 5.26 Å². The van der Waals surface area contributed by atoms with Crippen LogP contribution in [0.1, 0.15) is 17.2 Å². The van der Waals surface area contributed by atoms with Gasteiger partial charge in [0.05, 0.1) is 30.5 Å². The number of nitriles is 1. The zero-order valence-corrected chi connectivity index (χ0v) is 11.9. The maximum atomic E-state index is 10.3. The van der Waals surface area contributed by atoms with Crippen molar-refractivity contribution in [3.63, 3.8) is 0 Å². The Morgan fingerprint density at radius 3 is 2.45 bits per heavy atom. The molecule has 22 heavy (non-hydrogen) atoms. The van der Waals surface area contributed by atoms with Gasteiger partial charge in [-0.3, -0.25) is 4.68 Å². The number of hydrogen-bond donors (Lipinski definition) is 1. The average molecular weight is 289 g/mol. The molecule has 3 rings (SSSR count). The van der Waals surface area contributed by atoms with E-state index in [0.717, 1.165) is 16.7 Å². The molecule has 1 heterocycles. The zero-order valence-electron chi connectivity index (χ0n) is 11.9. The van der Waals surface area contributed by atoms with Crippen molar-refractivity contribution in [2.24, 2.45) is 0 Å². The summed E-state index contributed by atoms with van der Waals surface area (Å²) in [6.45, 7) is 0.374. The molecule has 0 aliphatic carbocycles. The van der Waals surface area contributed by atoms with Crippen LogP contribution in [0.5, 0.6) is 0 Å². The lowest BCUT2D eigenvalue weighted by molar-refractivity contribution is 0.151. The van der Waals surface area contributed by atoms with Crippen LogP contribution in [-0.2, 0) is 6.54 Å². The maximum absolute atomic E-state index is 10.3. The molecular formula is C18H15N3O. The molecule has 0 saturated heterocycles. The Morgan fingerprint density at radius 1 is 1.05 bits per heavy atom. The minimum atomic E-state index is -0.656. The van der Waals surface area contributed by atoms with E-state index in [1.54, 1.807) is 35.1 Å². The lowest BCUT2D eigenvalue weighted by Gasteiger charge is -2.11. The number of rotatable bonds is 4. The van der Waals surface area contributed by atoms with Gasteiger partial charge in [0.1, 0.15) is 0 Å². The standard InChI is InChI=1S/C18H15N3O/c19-10-14-6-8-16(9-7-14)18(22)13-21-12-17(11-20-21)15-4-2-1-3-5-15/h1-9,11-12,18,22H,13H2. The molecule has 0 aliphatic rings. The third kappa shape index (κ3) is 3.05. The van der Waals surface area contributed by atoms with Gasteiger partial charge in [0.2, 0.25) is 0 Å². The molecule has 0 amide bonds. The third-order valence-corrected chi connectivity index (χ3v) is 3.52. The van der Waals surface area contributed by atoms with E-state index in [0.29, 0.717) is 12.1 Å². The smallest absolute Gasteiger partial charge is 0.0991 e. The van der Waals surface area contributed by atoms with Gasteiger partial charge in [-0.25, -0.2) is 0 Å². The number of nitrogens with zero attached hydrogens (tertiary/aromatic N) is 3. The fourth-order valence-corrected chi connectivity index (χ4v) is 2.31. The van der Waals surface area contributed by atoms with Gasteiger partial charge in [-0.15, -0.1) is 0 Å². The molecule has 1 unspecified atom stereocenters. The van der Waals surface area contributed by atoms with Gasteiger partial charge in [0.25, 0.3) is 0 Å². The fraction of sp³-hybridized carbons (Fsp3) is 0.111. The number of aromatic nitrogens is 2. The Balaban J connectivity index is 1.73. The van der Waals surface area contributed by atoms with E-state index < -0.39 is 6.10 Å². The van der Waals surface area contributed by atoms with E-state index in [2.05, 4.69) is 11.2 Å². The van der Waals surface area contributed by atoms with Crippen LogP contribution in [0.2, 0.25) is 0 Å². The highest BCUT2D eigenvalue weighted by molar-refractivity contribution is 5.61. The van der Waals surface area contributed by atoms with Crippen LogP contribution in [0.25, 0.3) is 11.1 Å². The summed E-state index contributed by atoms with van der Waals surface area (Å²) in [5.74, 6) is 0. The second-order valence-corrected chi connectivity index (χ2v) is 5.07. The molecule has 3 aromatic rings. The summed E-state index contributed by atoms with van der Waals surface area (Å²) >= 11 is 0. The van der Waals surface area contributed by atoms with Gasteiger partial charge in [0, 0.05) is 11.8 Å². The van der Waals surface area contributed by atoms with Gasteiger partial charge in [-0.05, 0) is 23.3 Å². The van der Waals surface area contributed by atoms with Crippen molar-refractivity contribution >= 4 is 0 Å². The van der Waals surface area contributed by atoms with E-state index in [1.165, 1.54) is 0 Å². The molecule has 0 aliphatic heterocycles. The zero-order chi connectivity index (χ0) is 15.4. The average Bonchev–Trinajstić information content (AvgIpc) is 3.04. The molecule has 4 nitrogen and oxygen atoms in total. The van der Waals surface area contributed by atoms with Gasteiger partial charge in [-0.1, -0.05) is 42.5 Å². The summed E-state index contributed by atoms with van der Waals surface area (Å²) in [5.41, 5.74) is 3.48. The molecule has 0 radical (unpaired) electrons. The minimum Gasteiger partial charge on any atom is -0.386 e. The largest absolute Gasteiger partial charge is 0.386 e. The van der Waals surface area contributed by atoms with Crippen molar-refractivity contribution in [3.05, 3.63) is 78.1 Å². The Hall–Kier alpha value is -2.90. The lowest BCUT2D eigenvalue weighted by atomic mass is 10.1. The predicted octanol–water partition coefficient (Wildman–Crippen LogP) is 3.16. The van der Waals surface area contributed by atoms with Gasteiger partial charge < -0.3 is 5.11 Å². The van der Waals surface area contributed by atoms with Crippen LogP contribution in [-0.4, -0.2) is 14.9 Å². The number of hydrogen-bond acceptors (Lipinski definition) is 3. The maximum Gasteiger partial charge on any atom is 0.0991 e. The summed E-state index contributed by atoms with van der Waals surface area (Å²) in [6, 6.07) is 19.0. The topological polar surface area (TPSA) is 61.8 Å². The van der Waals surface area contributed by atoms with Crippen molar-refractivity contribution in [2.45, 2.75) is 12.6 Å². The minimum absolute atomic E-state index is 0.374. The molecular weight excluding hydrogens is 274 g/mol.